The summed E-state index contributed by atoms with van der Waals surface area (Å²) in [6.07, 6.45) is 0. The van der Waals surface area contributed by atoms with Crippen LogP contribution in [0.15, 0.2) is 65.6 Å². The number of nitrogens with one attached hydrogen (secondary N) is 1. The maximum absolute atomic E-state index is 12.8. The van der Waals surface area contributed by atoms with Crippen molar-refractivity contribution in [3.05, 3.63) is 71.8 Å². The minimum Gasteiger partial charge on any atom is -0.496 e. The molecule has 3 aromatic carbocycles. The highest BCUT2D eigenvalue weighted by Crippen LogP contribution is 2.28. The molecule has 0 aromatic heterocycles. The van der Waals surface area contributed by atoms with E-state index in [0.717, 1.165) is 21.9 Å². The molecule has 0 saturated carbocycles. The van der Waals surface area contributed by atoms with Crippen LogP contribution >= 0.6 is 0 Å². The number of benzene rings is 3. The van der Waals surface area contributed by atoms with Crippen LogP contribution in [0.1, 0.15) is 24.1 Å². The Hall–Kier alpha value is -2.37. The van der Waals surface area contributed by atoms with Crippen molar-refractivity contribution in [2.45, 2.75) is 24.8 Å². The Morgan fingerprint density at radius 2 is 1.68 bits per heavy atom. The average Bonchev–Trinajstić information content (AvgIpc) is 2.60. The molecule has 25 heavy (non-hydrogen) atoms. The second kappa shape index (κ2) is 6.86. The van der Waals surface area contributed by atoms with Crippen LogP contribution in [-0.2, 0) is 10.0 Å². The first-order valence-electron chi connectivity index (χ1n) is 8.06. The Morgan fingerprint density at radius 3 is 2.40 bits per heavy atom. The molecule has 130 valence electrons. The number of methoxy groups -OCH3 is 1. The molecular weight excluding hydrogens is 334 g/mol. The largest absolute Gasteiger partial charge is 0.496 e. The summed E-state index contributed by atoms with van der Waals surface area (Å²) in [5.74, 6) is 0.666. The van der Waals surface area contributed by atoms with E-state index in [1.807, 2.05) is 62.4 Å². The molecule has 0 aliphatic rings. The van der Waals surface area contributed by atoms with E-state index in [1.165, 1.54) is 0 Å². The van der Waals surface area contributed by atoms with Crippen LogP contribution in [0.5, 0.6) is 5.75 Å². The van der Waals surface area contributed by atoms with Gasteiger partial charge in [-0.3, -0.25) is 0 Å². The summed E-state index contributed by atoms with van der Waals surface area (Å²) in [5, 5.41) is 1.90. The van der Waals surface area contributed by atoms with Crippen LogP contribution < -0.4 is 9.46 Å². The first-order valence-corrected chi connectivity index (χ1v) is 9.55. The Labute approximate surface area is 148 Å². The van der Waals surface area contributed by atoms with Crippen molar-refractivity contribution >= 4 is 20.8 Å². The van der Waals surface area contributed by atoms with Crippen LogP contribution in [0.3, 0.4) is 0 Å². The zero-order chi connectivity index (χ0) is 18.0. The maximum Gasteiger partial charge on any atom is 0.241 e. The Balaban J connectivity index is 1.93. The standard InChI is InChI=1S/C20H21NO3S/c1-14-8-11-20(24-3)19(12-14)15(2)21-25(22,23)18-10-9-16-6-4-5-7-17(16)13-18/h4-13,15,21H,1-3H3/t15-/m1/s1. The summed E-state index contributed by atoms with van der Waals surface area (Å²) in [6, 6.07) is 18.1. The topological polar surface area (TPSA) is 55.4 Å². The van der Waals surface area contributed by atoms with Gasteiger partial charge in [-0.25, -0.2) is 13.1 Å². The zero-order valence-corrected chi connectivity index (χ0v) is 15.3. The quantitative estimate of drug-likeness (QED) is 0.746. The number of sulfonamides is 1. The highest BCUT2D eigenvalue weighted by atomic mass is 32.2. The number of hydrogen-bond donors (Lipinski definition) is 1. The predicted octanol–water partition coefficient (Wildman–Crippen LogP) is 4.20. The van der Waals surface area contributed by atoms with Gasteiger partial charge in [-0.2, -0.15) is 0 Å². The normalized spacial score (nSPS) is 12.9. The molecule has 0 aliphatic heterocycles. The Bertz CT molecular complexity index is 1010. The molecule has 0 unspecified atom stereocenters. The van der Waals surface area contributed by atoms with Crippen molar-refractivity contribution in [1.82, 2.24) is 4.72 Å². The van der Waals surface area contributed by atoms with E-state index >= 15 is 0 Å². The third-order valence-electron chi connectivity index (χ3n) is 4.21. The first kappa shape index (κ1) is 17.5. The van der Waals surface area contributed by atoms with E-state index in [1.54, 1.807) is 19.2 Å². The van der Waals surface area contributed by atoms with Gasteiger partial charge < -0.3 is 4.74 Å². The second-order valence-corrected chi connectivity index (χ2v) is 7.81. The lowest BCUT2D eigenvalue weighted by Gasteiger charge is -2.18. The lowest BCUT2D eigenvalue weighted by molar-refractivity contribution is 0.405. The molecular formula is C20H21NO3S. The summed E-state index contributed by atoms with van der Waals surface area (Å²) >= 11 is 0. The van der Waals surface area contributed by atoms with Crippen LogP contribution in [0.25, 0.3) is 10.8 Å². The summed E-state index contributed by atoms with van der Waals surface area (Å²) < 4.78 is 33.7. The van der Waals surface area contributed by atoms with Gasteiger partial charge >= 0.3 is 0 Å². The van der Waals surface area contributed by atoms with Crippen molar-refractivity contribution in [1.29, 1.82) is 0 Å². The molecule has 0 aliphatic carbocycles. The molecule has 0 fully saturated rings. The Kier molecular flexibility index (Phi) is 4.79. The highest BCUT2D eigenvalue weighted by molar-refractivity contribution is 7.89. The number of rotatable bonds is 5. The van der Waals surface area contributed by atoms with Crippen LogP contribution in [0, 0.1) is 6.92 Å². The monoisotopic (exact) mass is 355 g/mol. The first-order chi connectivity index (χ1) is 11.9. The van der Waals surface area contributed by atoms with E-state index in [-0.39, 0.29) is 4.90 Å². The summed E-state index contributed by atoms with van der Waals surface area (Å²) in [7, 11) is -2.06. The molecule has 3 rings (SSSR count). The van der Waals surface area contributed by atoms with Gasteiger partial charge in [0, 0.05) is 11.6 Å². The fourth-order valence-corrected chi connectivity index (χ4v) is 4.15. The fraction of sp³-hybridized carbons (Fsp3) is 0.200. The third kappa shape index (κ3) is 3.67. The van der Waals surface area contributed by atoms with Crippen LogP contribution in [-0.4, -0.2) is 15.5 Å². The van der Waals surface area contributed by atoms with Gasteiger partial charge in [-0.1, -0.05) is 48.0 Å². The molecule has 3 aromatic rings. The van der Waals surface area contributed by atoms with Crippen molar-refractivity contribution in [2.24, 2.45) is 0 Å². The number of aryl methyl sites for hydroxylation is 1. The van der Waals surface area contributed by atoms with Crippen molar-refractivity contribution in [3.8, 4) is 5.75 Å². The third-order valence-corrected chi connectivity index (χ3v) is 5.75. The van der Waals surface area contributed by atoms with Gasteiger partial charge in [0.15, 0.2) is 0 Å². The van der Waals surface area contributed by atoms with Gasteiger partial charge in [0.05, 0.1) is 12.0 Å². The average molecular weight is 355 g/mol. The number of hydrogen-bond acceptors (Lipinski definition) is 3. The van der Waals surface area contributed by atoms with Gasteiger partial charge in [-0.15, -0.1) is 0 Å². The molecule has 4 nitrogen and oxygen atoms in total. The number of fused-ring (bicyclic) bond motifs is 1. The summed E-state index contributed by atoms with van der Waals surface area (Å²) in [6.45, 7) is 3.78. The molecule has 0 spiro atoms. The minimum atomic E-state index is -3.64. The molecule has 0 saturated heterocycles. The van der Waals surface area contributed by atoms with Gasteiger partial charge in [0.25, 0.3) is 0 Å². The van der Waals surface area contributed by atoms with Crippen molar-refractivity contribution in [2.75, 3.05) is 7.11 Å². The van der Waals surface area contributed by atoms with E-state index in [4.69, 9.17) is 4.74 Å². The van der Waals surface area contributed by atoms with E-state index in [2.05, 4.69) is 4.72 Å². The summed E-state index contributed by atoms with van der Waals surface area (Å²) in [5.41, 5.74) is 1.86. The Morgan fingerprint density at radius 1 is 0.960 bits per heavy atom. The van der Waals surface area contributed by atoms with Crippen LogP contribution in [0.4, 0.5) is 0 Å². The summed E-state index contributed by atoms with van der Waals surface area (Å²) in [4.78, 5) is 0.254. The van der Waals surface area contributed by atoms with Crippen LogP contribution in [0.2, 0.25) is 0 Å². The SMILES string of the molecule is COc1ccc(C)cc1[C@@H](C)NS(=O)(=O)c1ccc2ccccc2c1. The van der Waals surface area contributed by atoms with E-state index in [0.29, 0.717) is 5.75 Å². The number of ether oxygens (including phenoxy) is 1. The molecule has 0 radical (unpaired) electrons. The molecule has 1 N–H and O–H groups in total. The van der Waals surface area contributed by atoms with E-state index < -0.39 is 16.1 Å². The van der Waals surface area contributed by atoms with Crippen molar-refractivity contribution < 1.29 is 13.2 Å². The molecule has 1 atom stereocenters. The predicted molar refractivity (Wildman–Crippen MR) is 100 cm³/mol. The molecule has 5 heteroatoms. The second-order valence-electron chi connectivity index (χ2n) is 6.10. The zero-order valence-electron chi connectivity index (χ0n) is 14.5. The van der Waals surface area contributed by atoms with Gasteiger partial charge in [0.2, 0.25) is 10.0 Å². The van der Waals surface area contributed by atoms with Gasteiger partial charge in [0.1, 0.15) is 5.75 Å². The fourth-order valence-electron chi connectivity index (χ4n) is 2.89. The van der Waals surface area contributed by atoms with Gasteiger partial charge in [-0.05, 0) is 42.8 Å². The molecule has 0 bridgehead atoms. The van der Waals surface area contributed by atoms with Crippen molar-refractivity contribution in [3.63, 3.8) is 0 Å². The lowest BCUT2D eigenvalue weighted by Crippen LogP contribution is -2.27. The van der Waals surface area contributed by atoms with E-state index in [9.17, 15) is 8.42 Å². The highest BCUT2D eigenvalue weighted by Gasteiger charge is 2.21. The maximum atomic E-state index is 12.8. The minimum absolute atomic E-state index is 0.254. The molecule has 0 heterocycles. The lowest BCUT2D eigenvalue weighted by atomic mass is 10.1. The smallest absolute Gasteiger partial charge is 0.241 e. The molecule has 0 amide bonds.